The van der Waals surface area contributed by atoms with Gasteiger partial charge in [0, 0.05) is 36.1 Å². The SMILES string of the molecule is CN(C)CC(=O)Nc1ccc2c(c1)[C@H]1C[C@H](CC(=O)NCc3ccncc3)O[C@H](CO)[C@H]1O2. The Kier molecular flexibility index (Phi) is 7.22. The number of fused-ring (bicyclic) bond motifs is 3. The number of pyridine rings is 1. The number of amides is 2. The summed E-state index contributed by atoms with van der Waals surface area (Å²) in [7, 11) is 3.68. The lowest BCUT2D eigenvalue weighted by molar-refractivity contribution is -0.142. The van der Waals surface area contributed by atoms with E-state index in [9.17, 15) is 14.7 Å². The molecule has 3 heterocycles. The summed E-state index contributed by atoms with van der Waals surface area (Å²) in [5.74, 6) is 0.477. The van der Waals surface area contributed by atoms with Crippen molar-refractivity contribution in [2.24, 2.45) is 0 Å². The van der Waals surface area contributed by atoms with Crippen molar-refractivity contribution < 1.29 is 24.2 Å². The van der Waals surface area contributed by atoms with E-state index < -0.39 is 6.10 Å². The van der Waals surface area contributed by atoms with Crippen molar-refractivity contribution in [3.05, 3.63) is 53.9 Å². The molecular formula is C24H30N4O5. The van der Waals surface area contributed by atoms with Gasteiger partial charge >= 0.3 is 0 Å². The summed E-state index contributed by atoms with van der Waals surface area (Å²) in [4.78, 5) is 30.5. The molecule has 2 aliphatic rings. The zero-order valence-electron chi connectivity index (χ0n) is 18.9. The van der Waals surface area contributed by atoms with E-state index in [2.05, 4.69) is 15.6 Å². The molecule has 2 aliphatic heterocycles. The highest BCUT2D eigenvalue weighted by molar-refractivity contribution is 5.92. The van der Waals surface area contributed by atoms with Crippen LogP contribution in [0.5, 0.6) is 5.75 Å². The van der Waals surface area contributed by atoms with Gasteiger partial charge in [-0.1, -0.05) is 0 Å². The van der Waals surface area contributed by atoms with E-state index in [-0.39, 0.29) is 49.5 Å². The van der Waals surface area contributed by atoms with Crippen LogP contribution >= 0.6 is 0 Å². The zero-order valence-corrected chi connectivity index (χ0v) is 18.9. The second-order valence-electron chi connectivity index (χ2n) is 8.78. The highest BCUT2D eigenvalue weighted by atomic mass is 16.6. The van der Waals surface area contributed by atoms with Crippen LogP contribution in [0.4, 0.5) is 5.69 Å². The lowest BCUT2D eigenvalue weighted by Crippen LogP contribution is -2.47. The second-order valence-corrected chi connectivity index (χ2v) is 8.78. The van der Waals surface area contributed by atoms with Crippen molar-refractivity contribution in [3.63, 3.8) is 0 Å². The molecule has 0 spiro atoms. The van der Waals surface area contributed by atoms with Gasteiger partial charge in [-0.15, -0.1) is 0 Å². The monoisotopic (exact) mass is 454 g/mol. The molecule has 9 heteroatoms. The van der Waals surface area contributed by atoms with E-state index >= 15 is 0 Å². The van der Waals surface area contributed by atoms with Crippen LogP contribution in [-0.4, -0.2) is 72.4 Å². The first-order chi connectivity index (χ1) is 15.9. The van der Waals surface area contributed by atoms with E-state index in [0.29, 0.717) is 18.7 Å². The Balaban J connectivity index is 1.42. The van der Waals surface area contributed by atoms with Gasteiger partial charge in [0.05, 0.1) is 25.7 Å². The number of benzene rings is 1. The van der Waals surface area contributed by atoms with Gasteiger partial charge in [0.2, 0.25) is 11.8 Å². The van der Waals surface area contributed by atoms with Crippen molar-refractivity contribution in [2.45, 2.75) is 43.6 Å². The summed E-state index contributed by atoms with van der Waals surface area (Å²) in [6.07, 6.45) is 2.96. The summed E-state index contributed by atoms with van der Waals surface area (Å²) < 4.78 is 12.1. The van der Waals surface area contributed by atoms with E-state index in [1.807, 2.05) is 44.4 Å². The van der Waals surface area contributed by atoms with Crippen molar-refractivity contribution >= 4 is 17.5 Å². The molecule has 3 N–H and O–H groups in total. The summed E-state index contributed by atoms with van der Waals surface area (Å²) in [6.45, 7) is 0.513. The first-order valence-corrected chi connectivity index (χ1v) is 11.1. The van der Waals surface area contributed by atoms with Crippen LogP contribution in [0.1, 0.15) is 29.9 Å². The van der Waals surface area contributed by atoms with Gasteiger partial charge in [-0.3, -0.25) is 14.6 Å². The van der Waals surface area contributed by atoms with Gasteiger partial charge in [-0.2, -0.15) is 0 Å². The van der Waals surface area contributed by atoms with E-state index in [0.717, 1.165) is 16.9 Å². The zero-order chi connectivity index (χ0) is 23.4. The lowest BCUT2D eigenvalue weighted by atomic mass is 9.84. The average Bonchev–Trinajstić information content (AvgIpc) is 3.15. The fourth-order valence-corrected chi connectivity index (χ4v) is 4.43. The average molecular weight is 455 g/mol. The Morgan fingerprint density at radius 1 is 1.18 bits per heavy atom. The number of hydrogen-bond acceptors (Lipinski definition) is 7. The molecule has 2 amide bonds. The molecule has 2 aromatic rings. The molecule has 33 heavy (non-hydrogen) atoms. The van der Waals surface area contributed by atoms with Gasteiger partial charge in [0.25, 0.3) is 0 Å². The Hall–Kier alpha value is -3.01. The predicted molar refractivity (Wildman–Crippen MR) is 122 cm³/mol. The molecule has 4 atom stereocenters. The number of aliphatic hydroxyl groups is 1. The van der Waals surface area contributed by atoms with Crippen molar-refractivity contribution in [2.75, 3.05) is 32.6 Å². The second kappa shape index (κ2) is 10.3. The van der Waals surface area contributed by atoms with Crippen LogP contribution in [-0.2, 0) is 20.9 Å². The first-order valence-electron chi connectivity index (χ1n) is 11.1. The number of likely N-dealkylation sites (N-methyl/N-ethyl adjacent to an activating group) is 1. The molecule has 0 radical (unpaired) electrons. The van der Waals surface area contributed by atoms with Crippen LogP contribution in [0, 0.1) is 0 Å². The smallest absolute Gasteiger partial charge is 0.238 e. The highest BCUT2D eigenvalue weighted by Crippen LogP contribution is 2.47. The Labute approximate surface area is 193 Å². The molecule has 0 aliphatic carbocycles. The molecule has 1 saturated heterocycles. The normalized spacial score (nSPS) is 23.4. The molecule has 176 valence electrons. The van der Waals surface area contributed by atoms with Gasteiger partial charge in [0.1, 0.15) is 18.0 Å². The standard InChI is InChI=1S/C24H30N4O5/c1-28(2)13-23(31)27-16-3-4-20-18(9-16)19-10-17(32-21(14-29)24(19)33-20)11-22(30)26-12-15-5-7-25-8-6-15/h3-9,17,19,21,24,29H,10-14H2,1-2H3,(H,26,30)(H,27,31)/t17-,19-,21-,24+/m1/s1. The maximum Gasteiger partial charge on any atom is 0.238 e. The van der Waals surface area contributed by atoms with Crippen molar-refractivity contribution in [3.8, 4) is 5.75 Å². The maximum absolute atomic E-state index is 12.5. The van der Waals surface area contributed by atoms with Gasteiger partial charge in [0.15, 0.2) is 0 Å². The van der Waals surface area contributed by atoms with Crippen LogP contribution in [0.15, 0.2) is 42.7 Å². The Morgan fingerprint density at radius 3 is 2.70 bits per heavy atom. The van der Waals surface area contributed by atoms with Crippen LogP contribution in [0.2, 0.25) is 0 Å². The molecule has 1 aromatic carbocycles. The number of carbonyl (C=O) groups excluding carboxylic acids is 2. The third-order valence-corrected chi connectivity index (χ3v) is 5.90. The first kappa shape index (κ1) is 23.2. The number of rotatable bonds is 8. The van der Waals surface area contributed by atoms with Crippen LogP contribution < -0.4 is 15.4 Å². The van der Waals surface area contributed by atoms with Crippen LogP contribution in [0.25, 0.3) is 0 Å². The number of carbonyl (C=O) groups is 2. The topological polar surface area (TPSA) is 113 Å². The van der Waals surface area contributed by atoms with Crippen LogP contribution in [0.3, 0.4) is 0 Å². The molecule has 0 unspecified atom stereocenters. The fourth-order valence-electron chi connectivity index (χ4n) is 4.43. The van der Waals surface area contributed by atoms with Gasteiger partial charge in [-0.25, -0.2) is 0 Å². The molecule has 4 rings (SSSR count). The largest absolute Gasteiger partial charge is 0.487 e. The molecule has 1 aromatic heterocycles. The Bertz CT molecular complexity index is 984. The van der Waals surface area contributed by atoms with Gasteiger partial charge < -0.3 is 30.1 Å². The summed E-state index contributed by atoms with van der Waals surface area (Å²) >= 11 is 0. The van der Waals surface area contributed by atoms with Crippen molar-refractivity contribution in [1.29, 1.82) is 0 Å². The van der Waals surface area contributed by atoms with Crippen molar-refractivity contribution in [1.82, 2.24) is 15.2 Å². The minimum atomic E-state index is -0.527. The number of ether oxygens (including phenoxy) is 2. The van der Waals surface area contributed by atoms with E-state index in [1.54, 1.807) is 17.3 Å². The van der Waals surface area contributed by atoms with E-state index in [4.69, 9.17) is 9.47 Å². The molecule has 9 nitrogen and oxygen atoms in total. The third-order valence-electron chi connectivity index (χ3n) is 5.90. The number of aliphatic hydroxyl groups excluding tert-OH is 1. The molecule has 0 bridgehead atoms. The number of aromatic nitrogens is 1. The fraction of sp³-hybridized carbons (Fsp3) is 0.458. The predicted octanol–water partition coefficient (Wildman–Crippen LogP) is 1.28. The molecule has 1 fully saturated rings. The Morgan fingerprint density at radius 2 is 1.97 bits per heavy atom. The number of anilines is 1. The number of nitrogens with one attached hydrogen (secondary N) is 2. The van der Waals surface area contributed by atoms with Gasteiger partial charge in [-0.05, 0) is 56.4 Å². The highest BCUT2D eigenvalue weighted by Gasteiger charge is 2.46. The maximum atomic E-state index is 12.5. The third kappa shape index (κ3) is 5.68. The summed E-state index contributed by atoms with van der Waals surface area (Å²) in [6, 6.07) is 9.28. The number of nitrogens with zero attached hydrogens (tertiary/aromatic N) is 2. The lowest BCUT2D eigenvalue weighted by Gasteiger charge is -2.37. The summed E-state index contributed by atoms with van der Waals surface area (Å²) in [5.41, 5.74) is 2.63. The minimum Gasteiger partial charge on any atom is -0.487 e. The summed E-state index contributed by atoms with van der Waals surface area (Å²) in [5, 5.41) is 15.7. The quantitative estimate of drug-likeness (QED) is 0.551. The molecular weight excluding hydrogens is 424 g/mol. The van der Waals surface area contributed by atoms with E-state index in [1.165, 1.54) is 0 Å². The number of hydrogen-bond donors (Lipinski definition) is 3. The molecule has 0 saturated carbocycles. The minimum absolute atomic E-state index is 0.0328.